The van der Waals surface area contributed by atoms with Crippen LogP contribution in [0.3, 0.4) is 0 Å². The molecule has 1 heterocycles. The molecule has 2 aliphatic carbocycles. The van der Waals surface area contributed by atoms with Gasteiger partial charge in [0.2, 0.25) is 0 Å². The maximum atomic E-state index is 10.1. The molecule has 0 bridgehead atoms. The molecule has 3 aliphatic rings. The highest BCUT2D eigenvalue weighted by atomic mass is 127. The van der Waals surface area contributed by atoms with E-state index < -0.39 is 5.60 Å². The fourth-order valence-electron chi connectivity index (χ4n) is 3.16. The average molecular weight is 408 g/mol. The Morgan fingerprint density at radius 2 is 2.10 bits per heavy atom. The molecule has 2 saturated carbocycles. The third kappa shape index (κ3) is 4.69. The van der Waals surface area contributed by atoms with Crippen molar-refractivity contribution in [3.8, 4) is 0 Å². The molecule has 1 atom stereocenters. The van der Waals surface area contributed by atoms with Crippen LogP contribution in [0.15, 0.2) is 4.99 Å². The number of aliphatic imine (C=N–C) groups is 1. The summed E-state index contributed by atoms with van der Waals surface area (Å²) in [5.74, 6) is 0.871. The van der Waals surface area contributed by atoms with E-state index in [1.54, 1.807) is 0 Å². The maximum absolute atomic E-state index is 10.1. The van der Waals surface area contributed by atoms with Gasteiger partial charge in [-0.05, 0) is 45.4 Å². The quantitative estimate of drug-likeness (QED) is 0.365. The Kier molecular flexibility index (Phi) is 6.14. The van der Waals surface area contributed by atoms with Crippen LogP contribution in [0.4, 0.5) is 0 Å². The third-order valence-corrected chi connectivity index (χ3v) is 4.78. The molecule has 122 valence electrons. The van der Waals surface area contributed by atoms with Gasteiger partial charge in [-0.2, -0.15) is 0 Å². The van der Waals surface area contributed by atoms with Crippen molar-refractivity contribution in [3.05, 3.63) is 0 Å². The zero-order valence-corrected chi connectivity index (χ0v) is 15.3. The van der Waals surface area contributed by atoms with Crippen LogP contribution >= 0.6 is 24.0 Å². The van der Waals surface area contributed by atoms with E-state index in [1.807, 2.05) is 0 Å². The zero-order chi connectivity index (χ0) is 14.0. The molecule has 1 saturated heterocycles. The summed E-state index contributed by atoms with van der Waals surface area (Å²) < 4.78 is 0. The Morgan fingerprint density at radius 3 is 2.67 bits per heavy atom. The molecular weight excluding hydrogens is 379 g/mol. The van der Waals surface area contributed by atoms with Gasteiger partial charge >= 0.3 is 0 Å². The topological polar surface area (TPSA) is 59.9 Å². The van der Waals surface area contributed by atoms with Gasteiger partial charge in [0.1, 0.15) is 0 Å². The first-order chi connectivity index (χ1) is 9.68. The van der Waals surface area contributed by atoms with Gasteiger partial charge in [0.25, 0.3) is 0 Å². The van der Waals surface area contributed by atoms with Crippen molar-refractivity contribution in [1.82, 2.24) is 15.5 Å². The summed E-state index contributed by atoms with van der Waals surface area (Å²) in [6.07, 6.45) is 6.89. The van der Waals surface area contributed by atoms with Crippen LogP contribution in [0, 0.1) is 0 Å². The van der Waals surface area contributed by atoms with Crippen molar-refractivity contribution >= 4 is 29.9 Å². The molecule has 6 heteroatoms. The standard InChI is InChI=1S/C15H28N4O.HI/c1-2-16-14(17-11-15(20)7-3-8-15)18-12-6-9-19(10-12)13-4-5-13;/h12-13,20H,2-11H2,1H3,(H2,16,17,18);1H. The number of hydrogen-bond donors (Lipinski definition) is 3. The number of hydrogen-bond acceptors (Lipinski definition) is 3. The van der Waals surface area contributed by atoms with Crippen LogP contribution in [-0.4, -0.2) is 59.8 Å². The van der Waals surface area contributed by atoms with Crippen molar-refractivity contribution in [2.75, 3.05) is 26.2 Å². The van der Waals surface area contributed by atoms with Gasteiger partial charge in [-0.25, -0.2) is 0 Å². The SMILES string of the molecule is CCNC(=NCC1(O)CCC1)NC1CCN(C2CC2)C1.I. The van der Waals surface area contributed by atoms with Crippen LogP contribution < -0.4 is 10.6 Å². The highest BCUT2D eigenvalue weighted by Crippen LogP contribution is 2.32. The first kappa shape index (κ1) is 17.3. The molecule has 5 nitrogen and oxygen atoms in total. The molecule has 0 spiro atoms. The number of guanidine groups is 1. The number of halogens is 1. The second kappa shape index (κ2) is 7.46. The fraction of sp³-hybridized carbons (Fsp3) is 0.933. The van der Waals surface area contributed by atoms with E-state index >= 15 is 0 Å². The zero-order valence-electron chi connectivity index (χ0n) is 13.0. The van der Waals surface area contributed by atoms with Gasteiger partial charge in [-0.15, -0.1) is 24.0 Å². The Morgan fingerprint density at radius 1 is 1.33 bits per heavy atom. The summed E-state index contributed by atoms with van der Waals surface area (Å²) in [6.45, 7) is 5.83. The smallest absolute Gasteiger partial charge is 0.191 e. The number of nitrogens with zero attached hydrogens (tertiary/aromatic N) is 2. The number of rotatable bonds is 5. The number of aliphatic hydroxyl groups is 1. The predicted octanol–water partition coefficient (Wildman–Crippen LogP) is 1.31. The molecule has 3 rings (SSSR count). The number of likely N-dealkylation sites (tertiary alicyclic amines) is 1. The lowest BCUT2D eigenvalue weighted by Crippen LogP contribution is -2.46. The van der Waals surface area contributed by atoms with E-state index in [4.69, 9.17) is 0 Å². The van der Waals surface area contributed by atoms with Crippen molar-refractivity contribution in [1.29, 1.82) is 0 Å². The second-order valence-corrected chi connectivity index (χ2v) is 6.63. The monoisotopic (exact) mass is 408 g/mol. The fourth-order valence-corrected chi connectivity index (χ4v) is 3.16. The summed E-state index contributed by atoms with van der Waals surface area (Å²) in [6, 6.07) is 1.36. The van der Waals surface area contributed by atoms with Crippen molar-refractivity contribution in [2.45, 2.75) is 63.1 Å². The van der Waals surface area contributed by atoms with E-state index in [2.05, 4.69) is 27.4 Å². The van der Waals surface area contributed by atoms with Crippen molar-refractivity contribution in [3.63, 3.8) is 0 Å². The van der Waals surface area contributed by atoms with E-state index in [9.17, 15) is 5.11 Å². The van der Waals surface area contributed by atoms with Crippen LogP contribution in [0.5, 0.6) is 0 Å². The molecular formula is C15H29IN4O. The Hall–Kier alpha value is -0.0800. The molecule has 0 amide bonds. The first-order valence-corrected chi connectivity index (χ1v) is 8.20. The molecule has 3 fully saturated rings. The number of nitrogens with one attached hydrogen (secondary N) is 2. The second-order valence-electron chi connectivity index (χ2n) is 6.63. The van der Waals surface area contributed by atoms with Crippen molar-refractivity contribution < 1.29 is 5.11 Å². The van der Waals surface area contributed by atoms with Crippen LogP contribution in [0.1, 0.15) is 45.4 Å². The lowest BCUT2D eigenvalue weighted by atomic mass is 9.80. The van der Waals surface area contributed by atoms with Gasteiger partial charge < -0.3 is 15.7 Å². The molecule has 21 heavy (non-hydrogen) atoms. The molecule has 0 radical (unpaired) electrons. The molecule has 3 N–H and O–H groups in total. The predicted molar refractivity (Wildman–Crippen MR) is 96.3 cm³/mol. The Labute approximate surface area is 145 Å². The summed E-state index contributed by atoms with van der Waals surface area (Å²) in [7, 11) is 0. The summed E-state index contributed by atoms with van der Waals surface area (Å²) in [5.41, 5.74) is -0.530. The molecule has 1 unspecified atom stereocenters. The van der Waals surface area contributed by atoms with Gasteiger partial charge in [-0.3, -0.25) is 9.89 Å². The minimum absolute atomic E-state index is 0. The lowest BCUT2D eigenvalue weighted by Gasteiger charge is -2.35. The Bertz CT molecular complexity index is 369. The van der Waals surface area contributed by atoms with E-state index in [1.165, 1.54) is 25.8 Å². The highest BCUT2D eigenvalue weighted by molar-refractivity contribution is 14.0. The van der Waals surface area contributed by atoms with E-state index in [0.29, 0.717) is 12.6 Å². The van der Waals surface area contributed by atoms with Gasteiger partial charge in [0.05, 0.1) is 12.1 Å². The third-order valence-electron chi connectivity index (χ3n) is 4.78. The summed E-state index contributed by atoms with van der Waals surface area (Å²) in [4.78, 5) is 7.18. The van der Waals surface area contributed by atoms with E-state index in [-0.39, 0.29) is 24.0 Å². The molecule has 1 aliphatic heterocycles. The maximum Gasteiger partial charge on any atom is 0.191 e. The van der Waals surface area contributed by atoms with Crippen molar-refractivity contribution in [2.24, 2.45) is 4.99 Å². The summed E-state index contributed by atoms with van der Waals surface area (Å²) in [5, 5.41) is 17.0. The Balaban J connectivity index is 0.00000161. The van der Waals surface area contributed by atoms with Gasteiger partial charge in [0, 0.05) is 31.7 Å². The van der Waals surface area contributed by atoms with Crippen LogP contribution in [-0.2, 0) is 0 Å². The first-order valence-electron chi connectivity index (χ1n) is 8.20. The normalized spacial score (nSPS) is 28.7. The summed E-state index contributed by atoms with van der Waals surface area (Å²) >= 11 is 0. The minimum Gasteiger partial charge on any atom is -0.388 e. The lowest BCUT2D eigenvalue weighted by molar-refractivity contribution is -0.0236. The average Bonchev–Trinajstić information content (AvgIpc) is 3.15. The molecule has 0 aromatic heterocycles. The van der Waals surface area contributed by atoms with Gasteiger partial charge in [-0.1, -0.05) is 0 Å². The van der Waals surface area contributed by atoms with Crippen LogP contribution in [0.2, 0.25) is 0 Å². The van der Waals surface area contributed by atoms with E-state index in [0.717, 1.165) is 44.4 Å². The van der Waals surface area contributed by atoms with Gasteiger partial charge in [0.15, 0.2) is 5.96 Å². The van der Waals surface area contributed by atoms with Crippen LogP contribution in [0.25, 0.3) is 0 Å². The highest BCUT2D eigenvalue weighted by Gasteiger charge is 2.35. The molecule has 0 aromatic rings. The largest absolute Gasteiger partial charge is 0.388 e. The minimum atomic E-state index is -0.530. The molecule has 0 aromatic carbocycles.